The van der Waals surface area contributed by atoms with Crippen molar-refractivity contribution in [3.8, 4) is 0 Å². The van der Waals surface area contributed by atoms with Crippen molar-refractivity contribution in [2.45, 2.75) is 62.9 Å². The molecule has 2 aliphatic rings. The Balaban J connectivity index is 1.36. The Morgan fingerprint density at radius 3 is 1.76 bits per heavy atom. The number of benzene rings is 3. The van der Waals surface area contributed by atoms with Crippen LogP contribution in [0.3, 0.4) is 0 Å². The number of ether oxygens (including phenoxy) is 5. The minimum atomic E-state index is -0.801. The lowest BCUT2D eigenvalue weighted by Crippen LogP contribution is -2.51. The Morgan fingerprint density at radius 2 is 1.24 bits per heavy atom. The monoisotopic (exact) mass is 460 g/mol. The van der Waals surface area contributed by atoms with Gasteiger partial charge in [0.25, 0.3) is 0 Å². The van der Waals surface area contributed by atoms with Crippen molar-refractivity contribution in [1.82, 2.24) is 0 Å². The van der Waals surface area contributed by atoms with E-state index in [1.807, 2.05) is 61.5 Å². The van der Waals surface area contributed by atoms with E-state index in [4.69, 9.17) is 23.7 Å². The molecule has 2 unspecified atom stereocenters. The summed E-state index contributed by atoms with van der Waals surface area (Å²) in [5, 5.41) is 0. The summed E-state index contributed by atoms with van der Waals surface area (Å²) >= 11 is 0. The van der Waals surface area contributed by atoms with E-state index >= 15 is 0 Å². The second kappa shape index (κ2) is 9.98. The SMILES string of the molecule is COC1OC2(C[C@H]2OCc2ccccc2)[C@@H](OCc2ccccc2)[C@@]1(C)OCc1ccccc1. The van der Waals surface area contributed by atoms with Gasteiger partial charge in [-0.1, -0.05) is 91.0 Å². The quantitative estimate of drug-likeness (QED) is 0.412. The second-order valence-corrected chi connectivity index (χ2v) is 9.26. The molecule has 1 heterocycles. The second-order valence-electron chi connectivity index (χ2n) is 9.26. The molecule has 5 heteroatoms. The Morgan fingerprint density at radius 1 is 0.735 bits per heavy atom. The molecule has 0 amide bonds. The van der Waals surface area contributed by atoms with E-state index in [0.717, 1.165) is 23.1 Å². The minimum absolute atomic E-state index is 0.0896. The minimum Gasteiger partial charge on any atom is -0.370 e. The standard InChI is InChI=1S/C29H32O5/c1-28(33-21-24-16-10-5-11-17-24)26(32-20-23-14-8-4-9-15-23)29(34-27(28)30-2)18-25(29)31-19-22-12-6-3-7-13-22/h3-17,25-27H,18-21H2,1-2H3/t25-,26+,27?,28-,29?/m1/s1. The van der Waals surface area contributed by atoms with Gasteiger partial charge in [-0.05, 0) is 23.6 Å². The van der Waals surface area contributed by atoms with Gasteiger partial charge in [-0.15, -0.1) is 0 Å². The van der Waals surface area contributed by atoms with Crippen LogP contribution in [0.1, 0.15) is 30.0 Å². The molecule has 34 heavy (non-hydrogen) atoms. The summed E-state index contributed by atoms with van der Waals surface area (Å²) in [7, 11) is 1.66. The molecule has 1 saturated heterocycles. The highest BCUT2D eigenvalue weighted by atomic mass is 16.7. The molecule has 178 valence electrons. The lowest BCUT2D eigenvalue weighted by molar-refractivity contribution is -0.216. The van der Waals surface area contributed by atoms with E-state index in [9.17, 15) is 0 Å². The molecule has 5 nitrogen and oxygen atoms in total. The molecule has 5 atom stereocenters. The van der Waals surface area contributed by atoms with Crippen LogP contribution in [0.2, 0.25) is 0 Å². The topological polar surface area (TPSA) is 46.2 Å². The van der Waals surface area contributed by atoms with Gasteiger partial charge in [0.05, 0.1) is 25.9 Å². The summed E-state index contributed by atoms with van der Waals surface area (Å²) in [4.78, 5) is 0. The van der Waals surface area contributed by atoms with Gasteiger partial charge in [0, 0.05) is 13.5 Å². The van der Waals surface area contributed by atoms with Gasteiger partial charge in [0.2, 0.25) is 0 Å². The summed E-state index contributed by atoms with van der Waals surface area (Å²) in [6.45, 7) is 3.46. The third kappa shape index (κ3) is 4.67. The third-order valence-corrected chi connectivity index (χ3v) is 6.81. The van der Waals surface area contributed by atoms with Gasteiger partial charge in [0.1, 0.15) is 17.3 Å². The number of hydrogen-bond donors (Lipinski definition) is 0. The van der Waals surface area contributed by atoms with Crippen molar-refractivity contribution in [3.05, 3.63) is 108 Å². The van der Waals surface area contributed by atoms with Crippen LogP contribution >= 0.6 is 0 Å². The van der Waals surface area contributed by atoms with E-state index in [0.29, 0.717) is 19.8 Å². The normalized spacial score (nSPS) is 30.0. The van der Waals surface area contributed by atoms with Crippen molar-refractivity contribution in [2.75, 3.05) is 7.11 Å². The zero-order valence-electron chi connectivity index (χ0n) is 19.8. The van der Waals surface area contributed by atoms with Gasteiger partial charge >= 0.3 is 0 Å². The molecule has 1 saturated carbocycles. The molecule has 5 rings (SSSR count). The molecule has 3 aromatic carbocycles. The maximum absolute atomic E-state index is 6.58. The molecule has 3 aromatic rings. The van der Waals surface area contributed by atoms with Gasteiger partial charge < -0.3 is 23.7 Å². The first-order valence-corrected chi connectivity index (χ1v) is 11.8. The average molecular weight is 461 g/mol. The summed E-state index contributed by atoms with van der Waals surface area (Å²) in [6.07, 6.45) is -0.270. The van der Waals surface area contributed by atoms with Crippen molar-refractivity contribution in [2.24, 2.45) is 0 Å². The molecular weight excluding hydrogens is 428 g/mol. The third-order valence-electron chi connectivity index (χ3n) is 6.81. The fourth-order valence-electron chi connectivity index (χ4n) is 4.89. The van der Waals surface area contributed by atoms with E-state index in [1.165, 1.54) is 0 Å². The highest BCUT2D eigenvalue weighted by Gasteiger charge is 2.75. The maximum atomic E-state index is 6.58. The summed E-state index contributed by atoms with van der Waals surface area (Å²) in [5.74, 6) is 0. The van der Waals surface area contributed by atoms with E-state index in [1.54, 1.807) is 7.11 Å². The van der Waals surface area contributed by atoms with Gasteiger partial charge in [-0.25, -0.2) is 0 Å². The Bertz CT molecular complexity index is 1040. The molecule has 0 aromatic heterocycles. The van der Waals surface area contributed by atoms with Crippen LogP contribution in [-0.2, 0) is 43.5 Å². The molecule has 0 radical (unpaired) electrons. The predicted octanol–water partition coefficient (Wildman–Crippen LogP) is 5.28. The zero-order chi connectivity index (χ0) is 23.4. The van der Waals surface area contributed by atoms with Gasteiger partial charge in [-0.3, -0.25) is 0 Å². The van der Waals surface area contributed by atoms with E-state index in [2.05, 4.69) is 36.4 Å². The van der Waals surface area contributed by atoms with Crippen LogP contribution in [0.25, 0.3) is 0 Å². The van der Waals surface area contributed by atoms with E-state index < -0.39 is 17.5 Å². The first kappa shape index (κ1) is 23.2. The van der Waals surface area contributed by atoms with Crippen molar-refractivity contribution >= 4 is 0 Å². The fraction of sp³-hybridized carbons (Fsp3) is 0.379. The molecule has 0 N–H and O–H groups in total. The molecular formula is C29H32O5. The Hall–Kier alpha value is -2.54. The van der Waals surface area contributed by atoms with Gasteiger partial charge in [-0.2, -0.15) is 0 Å². The highest BCUT2D eigenvalue weighted by Crippen LogP contribution is 2.58. The van der Waals surface area contributed by atoms with Crippen molar-refractivity contribution < 1.29 is 23.7 Å². The first-order chi connectivity index (χ1) is 16.6. The lowest BCUT2D eigenvalue weighted by Gasteiger charge is -2.34. The van der Waals surface area contributed by atoms with E-state index in [-0.39, 0.29) is 12.2 Å². The van der Waals surface area contributed by atoms with Gasteiger partial charge in [0.15, 0.2) is 6.29 Å². The Kier molecular flexibility index (Phi) is 6.82. The average Bonchev–Trinajstić information content (AvgIpc) is 3.53. The van der Waals surface area contributed by atoms with Crippen LogP contribution in [0.5, 0.6) is 0 Å². The first-order valence-electron chi connectivity index (χ1n) is 11.8. The fourth-order valence-corrected chi connectivity index (χ4v) is 4.89. The molecule has 0 bridgehead atoms. The molecule has 2 fully saturated rings. The summed E-state index contributed by atoms with van der Waals surface area (Å²) in [5.41, 5.74) is 1.93. The summed E-state index contributed by atoms with van der Waals surface area (Å²) in [6, 6.07) is 30.5. The molecule has 1 aliphatic carbocycles. The van der Waals surface area contributed by atoms with Crippen LogP contribution in [0, 0.1) is 0 Å². The van der Waals surface area contributed by atoms with Crippen molar-refractivity contribution in [3.63, 3.8) is 0 Å². The number of methoxy groups -OCH3 is 1. The highest BCUT2D eigenvalue weighted by molar-refractivity contribution is 5.24. The number of hydrogen-bond acceptors (Lipinski definition) is 5. The predicted molar refractivity (Wildman–Crippen MR) is 129 cm³/mol. The van der Waals surface area contributed by atoms with Crippen LogP contribution in [0.15, 0.2) is 91.0 Å². The smallest absolute Gasteiger partial charge is 0.189 e. The summed E-state index contributed by atoms with van der Waals surface area (Å²) < 4.78 is 31.7. The van der Waals surface area contributed by atoms with Crippen LogP contribution in [0.4, 0.5) is 0 Å². The van der Waals surface area contributed by atoms with Crippen molar-refractivity contribution in [1.29, 1.82) is 0 Å². The lowest BCUT2D eigenvalue weighted by atomic mass is 9.94. The van der Waals surface area contributed by atoms with Crippen LogP contribution < -0.4 is 0 Å². The Labute approximate surface area is 201 Å². The number of rotatable bonds is 10. The maximum Gasteiger partial charge on any atom is 0.189 e. The van der Waals surface area contributed by atoms with Crippen LogP contribution in [-0.4, -0.2) is 36.8 Å². The molecule has 1 spiro atoms. The largest absolute Gasteiger partial charge is 0.370 e. The zero-order valence-corrected chi connectivity index (χ0v) is 19.8. The molecule has 1 aliphatic heterocycles.